The second-order valence-corrected chi connectivity index (χ2v) is 12.8. The van der Waals surface area contributed by atoms with Crippen molar-refractivity contribution in [1.29, 1.82) is 0 Å². The predicted molar refractivity (Wildman–Crippen MR) is 134 cm³/mol. The molecule has 1 N–H and O–H groups in total. The summed E-state index contributed by atoms with van der Waals surface area (Å²) in [4.78, 5) is 19.6. The van der Waals surface area contributed by atoms with E-state index in [1.807, 2.05) is 0 Å². The average molecular weight is 575 g/mol. The molecule has 206 valence electrons. The number of fused-ring (bicyclic) bond motifs is 1. The van der Waals surface area contributed by atoms with Gasteiger partial charge in [-0.15, -0.1) is 0 Å². The minimum atomic E-state index is -4.74. The van der Waals surface area contributed by atoms with Crippen LogP contribution < -0.4 is 5.32 Å². The number of rotatable bonds is 5. The summed E-state index contributed by atoms with van der Waals surface area (Å²) in [5.41, 5.74) is 1.17. The monoisotopic (exact) mass is 574 g/mol. The van der Waals surface area contributed by atoms with E-state index in [4.69, 9.17) is 11.6 Å². The predicted octanol–water partition coefficient (Wildman–Crippen LogP) is 4.76. The Morgan fingerprint density at radius 2 is 1.82 bits per heavy atom. The van der Waals surface area contributed by atoms with Crippen LogP contribution in [0.1, 0.15) is 42.0 Å². The number of benzene rings is 1. The van der Waals surface area contributed by atoms with E-state index in [0.29, 0.717) is 37.2 Å². The van der Waals surface area contributed by atoms with Gasteiger partial charge in [0.25, 0.3) is 0 Å². The minimum Gasteiger partial charge on any atom is -0.367 e. The van der Waals surface area contributed by atoms with Crippen molar-refractivity contribution < 1.29 is 30.8 Å². The average Bonchev–Trinajstić information content (AvgIpc) is 3.27. The molecule has 1 aromatic carbocycles. The summed E-state index contributed by atoms with van der Waals surface area (Å²) < 4.78 is 80.8. The summed E-state index contributed by atoms with van der Waals surface area (Å²) in [6.45, 7) is 0.223. The maximum absolute atomic E-state index is 14.3. The first-order valence-electron chi connectivity index (χ1n) is 12.5. The van der Waals surface area contributed by atoms with Gasteiger partial charge in [0, 0.05) is 36.9 Å². The topological polar surface area (TPSA) is 82.6 Å². The highest BCUT2D eigenvalue weighted by molar-refractivity contribution is 7.91. The molecule has 1 aliphatic carbocycles. The lowest BCUT2D eigenvalue weighted by atomic mass is 10.0. The van der Waals surface area contributed by atoms with E-state index in [-0.39, 0.29) is 47.5 Å². The van der Waals surface area contributed by atoms with Crippen LogP contribution in [0.2, 0.25) is 5.02 Å². The summed E-state index contributed by atoms with van der Waals surface area (Å²) in [5, 5.41) is 3.19. The van der Waals surface area contributed by atoms with Crippen LogP contribution in [0.25, 0.3) is 0 Å². The molecular weight excluding hydrogens is 548 g/mol. The van der Waals surface area contributed by atoms with Crippen molar-refractivity contribution in [1.82, 2.24) is 14.8 Å². The van der Waals surface area contributed by atoms with E-state index in [0.717, 1.165) is 16.7 Å². The zero-order valence-electron chi connectivity index (χ0n) is 20.3. The third-order valence-corrected chi connectivity index (χ3v) is 9.55. The molecule has 0 radical (unpaired) electrons. The Hall–Kier alpha value is -2.60. The molecule has 2 saturated heterocycles. The summed E-state index contributed by atoms with van der Waals surface area (Å²) in [7, 11) is -3.17. The van der Waals surface area contributed by atoms with Crippen molar-refractivity contribution in [2.45, 2.75) is 56.4 Å². The van der Waals surface area contributed by atoms with E-state index in [1.54, 1.807) is 6.07 Å². The molecule has 3 aliphatic rings. The molecule has 0 bridgehead atoms. The van der Waals surface area contributed by atoms with Crippen molar-refractivity contribution in [2.75, 3.05) is 29.9 Å². The zero-order chi connectivity index (χ0) is 27.2. The van der Waals surface area contributed by atoms with Gasteiger partial charge in [0.1, 0.15) is 21.5 Å². The first-order valence-corrected chi connectivity index (χ1v) is 14.7. The van der Waals surface area contributed by atoms with E-state index < -0.39 is 39.9 Å². The number of pyridine rings is 1. The summed E-state index contributed by atoms with van der Waals surface area (Å²) in [6.07, 6.45) is -1.94. The van der Waals surface area contributed by atoms with Crippen LogP contribution in [0.5, 0.6) is 0 Å². The number of urea groups is 1. The number of nitrogens with one attached hydrogen (secondary N) is 1. The second kappa shape index (κ2) is 10.2. The molecule has 3 heterocycles. The van der Waals surface area contributed by atoms with Crippen molar-refractivity contribution in [2.24, 2.45) is 0 Å². The Labute approximate surface area is 223 Å². The second-order valence-electron chi connectivity index (χ2n) is 10.1. The van der Waals surface area contributed by atoms with Gasteiger partial charge in [-0.05, 0) is 55.4 Å². The van der Waals surface area contributed by atoms with Crippen LogP contribution in [0.4, 0.5) is 28.2 Å². The molecule has 2 amide bonds. The van der Waals surface area contributed by atoms with Crippen LogP contribution in [-0.2, 0) is 22.7 Å². The number of hydrogen-bond acceptors (Lipinski definition) is 5. The number of halogens is 5. The molecule has 0 saturated carbocycles. The number of hydrogen-bond donors (Lipinski definition) is 1. The maximum Gasteiger partial charge on any atom is 0.413 e. The fourth-order valence-electron chi connectivity index (χ4n) is 5.67. The largest absolute Gasteiger partial charge is 0.413 e. The highest BCUT2D eigenvalue weighted by atomic mass is 35.5. The van der Waals surface area contributed by atoms with Gasteiger partial charge in [0.05, 0.1) is 16.5 Å². The molecular formula is C25H27ClF4N4O3S. The lowest BCUT2D eigenvalue weighted by Gasteiger charge is -2.44. The Balaban J connectivity index is 1.30. The number of alkyl halides is 3. The third-order valence-electron chi connectivity index (χ3n) is 7.54. The first kappa shape index (κ1) is 27.0. The van der Waals surface area contributed by atoms with Crippen molar-refractivity contribution >= 4 is 33.3 Å². The highest BCUT2D eigenvalue weighted by Crippen LogP contribution is 2.40. The summed E-state index contributed by atoms with van der Waals surface area (Å²) >= 11 is 5.87. The van der Waals surface area contributed by atoms with E-state index in [9.17, 15) is 30.8 Å². The molecule has 0 spiro atoms. The van der Waals surface area contributed by atoms with Gasteiger partial charge in [-0.3, -0.25) is 0 Å². The number of amides is 2. The van der Waals surface area contributed by atoms with Crippen LogP contribution in [0.3, 0.4) is 0 Å². The van der Waals surface area contributed by atoms with E-state index in [1.165, 1.54) is 23.1 Å². The molecule has 1 aromatic heterocycles. The van der Waals surface area contributed by atoms with Gasteiger partial charge in [0.2, 0.25) is 0 Å². The highest BCUT2D eigenvalue weighted by Gasteiger charge is 2.49. The fourth-order valence-corrected chi connectivity index (χ4v) is 7.32. The Bertz CT molecular complexity index is 1310. The van der Waals surface area contributed by atoms with Crippen molar-refractivity contribution in [3.63, 3.8) is 0 Å². The quantitative estimate of drug-likeness (QED) is 0.521. The molecule has 13 heteroatoms. The first-order chi connectivity index (χ1) is 17.9. The van der Waals surface area contributed by atoms with Gasteiger partial charge < -0.3 is 15.1 Å². The summed E-state index contributed by atoms with van der Waals surface area (Å²) in [5.74, 6) is -0.267. The molecule has 7 nitrogen and oxygen atoms in total. The Morgan fingerprint density at radius 3 is 2.47 bits per heavy atom. The number of anilines is 1. The molecule has 2 aromatic rings. The van der Waals surface area contributed by atoms with Crippen molar-refractivity contribution in [3.05, 3.63) is 58.0 Å². The van der Waals surface area contributed by atoms with Crippen LogP contribution in [-0.4, -0.2) is 72.1 Å². The lowest BCUT2D eigenvalue weighted by Crippen LogP contribution is -2.57. The molecule has 2 atom stereocenters. The fraction of sp³-hybridized carbons (Fsp3) is 0.520. The number of aromatic nitrogens is 1. The van der Waals surface area contributed by atoms with Crippen molar-refractivity contribution in [3.8, 4) is 0 Å². The summed E-state index contributed by atoms with van der Waals surface area (Å²) in [6, 6.07) is 2.48. The van der Waals surface area contributed by atoms with Gasteiger partial charge in [0.15, 0.2) is 6.04 Å². The Kier molecular flexibility index (Phi) is 7.23. The Morgan fingerprint density at radius 1 is 1.08 bits per heavy atom. The number of nitrogens with zero attached hydrogens (tertiary/aromatic N) is 3. The minimum absolute atomic E-state index is 0.0458. The molecule has 2 aliphatic heterocycles. The standard InChI is InChI=1S/C25H27ClF4N4O3S/c26-20-4-2-15-12-17(13-19(15)22(20)27)32-21-5-3-16(14-31-21)23(25(28,29)30)34-9-1-8-33(24(34)35)18-6-10-38(36,37)11-7-18/h2-5,14,17-18,23H,1,6-13H2,(H,31,32). The van der Waals surface area contributed by atoms with Crippen LogP contribution in [0.15, 0.2) is 30.5 Å². The van der Waals surface area contributed by atoms with Crippen LogP contribution in [0, 0.1) is 5.82 Å². The maximum atomic E-state index is 14.3. The number of sulfone groups is 1. The molecule has 5 rings (SSSR count). The van der Waals surface area contributed by atoms with Gasteiger partial charge in [-0.2, -0.15) is 13.2 Å². The van der Waals surface area contributed by atoms with Crippen LogP contribution >= 0.6 is 11.6 Å². The van der Waals surface area contributed by atoms with E-state index >= 15 is 0 Å². The molecule has 2 unspecified atom stereocenters. The van der Waals surface area contributed by atoms with Gasteiger partial charge in [-0.1, -0.05) is 23.7 Å². The van der Waals surface area contributed by atoms with Gasteiger partial charge >= 0.3 is 12.2 Å². The zero-order valence-corrected chi connectivity index (χ0v) is 21.9. The molecule has 38 heavy (non-hydrogen) atoms. The number of carbonyl (C=O) groups is 1. The lowest BCUT2D eigenvalue weighted by molar-refractivity contribution is -0.182. The van der Waals surface area contributed by atoms with E-state index in [2.05, 4.69) is 10.3 Å². The molecule has 2 fully saturated rings. The number of carbonyl (C=O) groups excluding carboxylic acids is 1. The SMILES string of the molecule is O=C1N(C2CCS(=O)(=O)CC2)CCCN1C(c1ccc(NC2Cc3ccc(Cl)c(F)c3C2)nc1)C(F)(F)F. The third kappa shape index (κ3) is 5.42. The van der Waals surface area contributed by atoms with Gasteiger partial charge in [-0.25, -0.2) is 22.6 Å². The smallest absolute Gasteiger partial charge is 0.367 e. The normalized spacial score (nSPS) is 22.9.